The molecule has 0 fully saturated rings. The van der Waals surface area contributed by atoms with Crippen molar-refractivity contribution >= 4 is 5.57 Å². The number of aromatic nitrogens is 1. The third kappa shape index (κ3) is 1.58. The van der Waals surface area contributed by atoms with E-state index >= 15 is 0 Å². The highest BCUT2D eigenvalue weighted by Gasteiger charge is 1.98. The molecule has 0 aromatic carbocycles. The van der Waals surface area contributed by atoms with Crippen molar-refractivity contribution in [1.29, 1.82) is 0 Å². The van der Waals surface area contributed by atoms with Crippen molar-refractivity contribution < 1.29 is 5.11 Å². The van der Waals surface area contributed by atoms with Gasteiger partial charge in [-0.15, -0.1) is 0 Å². The lowest BCUT2D eigenvalue weighted by atomic mass is 10.2. The van der Waals surface area contributed by atoms with Gasteiger partial charge in [-0.2, -0.15) is 0 Å². The first-order chi connectivity index (χ1) is 5.11. The van der Waals surface area contributed by atoms with Crippen LogP contribution in [0.25, 0.3) is 5.57 Å². The standard InChI is InChI=1S/C9H11NO/c1-6(2)8-4-5-9(11)7(3)10-8/h4-5,11H,1H2,2-3H3. The summed E-state index contributed by atoms with van der Waals surface area (Å²) < 4.78 is 0. The third-order valence-corrected chi connectivity index (χ3v) is 1.50. The largest absolute Gasteiger partial charge is 0.506 e. The van der Waals surface area contributed by atoms with Crippen molar-refractivity contribution in [1.82, 2.24) is 4.98 Å². The Hall–Kier alpha value is -1.31. The second kappa shape index (κ2) is 2.74. The maximum Gasteiger partial charge on any atom is 0.136 e. The monoisotopic (exact) mass is 149 g/mol. The van der Waals surface area contributed by atoms with Gasteiger partial charge >= 0.3 is 0 Å². The Kier molecular flexibility index (Phi) is 1.94. The fraction of sp³-hybridized carbons (Fsp3) is 0.222. The first kappa shape index (κ1) is 7.79. The summed E-state index contributed by atoms with van der Waals surface area (Å²) in [4.78, 5) is 4.12. The lowest BCUT2D eigenvalue weighted by Gasteiger charge is -2.01. The van der Waals surface area contributed by atoms with Gasteiger partial charge < -0.3 is 5.11 Å². The van der Waals surface area contributed by atoms with E-state index in [2.05, 4.69) is 11.6 Å². The van der Waals surface area contributed by atoms with E-state index in [0.29, 0.717) is 5.69 Å². The molecule has 11 heavy (non-hydrogen) atoms. The minimum absolute atomic E-state index is 0.231. The zero-order valence-electron chi connectivity index (χ0n) is 6.76. The average molecular weight is 149 g/mol. The molecule has 1 aromatic heterocycles. The molecule has 1 heterocycles. The van der Waals surface area contributed by atoms with Gasteiger partial charge in [0.15, 0.2) is 0 Å². The Morgan fingerprint density at radius 2 is 2.18 bits per heavy atom. The summed E-state index contributed by atoms with van der Waals surface area (Å²) in [6.07, 6.45) is 0. The molecule has 58 valence electrons. The van der Waals surface area contributed by atoms with Crippen LogP contribution in [0.3, 0.4) is 0 Å². The number of rotatable bonds is 1. The van der Waals surface area contributed by atoms with Crippen molar-refractivity contribution in [3.63, 3.8) is 0 Å². The van der Waals surface area contributed by atoms with Crippen LogP contribution in [-0.4, -0.2) is 10.1 Å². The minimum atomic E-state index is 0.231. The van der Waals surface area contributed by atoms with E-state index in [1.165, 1.54) is 0 Å². The molecular formula is C9H11NO. The second-order valence-corrected chi connectivity index (χ2v) is 2.58. The Morgan fingerprint density at radius 3 is 2.64 bits per heavy atom. The fourth-order valence-corrected chi connectivity index (χ4v) is 0.791. The molecule has 0 aliphatic heterocycles. The van der Waals surface area contributed by atoms with Crippen molar-refractivity contribution in [3.8, 4) is 5.75 Å². The summed E-state index contributed by atoms with van der Waals surface area (Å²) in [6.45, 7) is 7.41. The summed E-state index contributed by atoms with van der Waals surface area (Å²) in [5, 5.41) is 9.13. The number of pyridine rings is 1. The molecule has 0 unspecified atom stereocenters. The zero-order valence-corrected chi connectivity index (χ0v) is 6.76. The Labute approximate surface area is 66.2 Å². The quantitative estimate of drug-likeness (QED) is 0.663. The van der Waals surface area contributed by atoms with E-state index in [9.17, 15) is 0 Å². The van der Waals surface area contributed by atoms with E-state index in [-0.39, 0.29) is 5.75 Å². The van der Waals surface area contributed by atoms with Crippen molar-refractivity contribution in [2.45, 2.75) is 13.8 Å². The lowest BCUT2D eigenvalue weighted by Crippen LogP contribution is -1.87. The zero-order chi connectivity index (χ0) is 8.43. The van der Waals surface area contributed by atoms with Gasteiger partial charge in [-0.1, -0.05) is 6.58 Å². The van der Waals surface area contributed by atoms with Crippen LogP contribution < -0.4 is 0 Å². The molecule has 0 saturated carbocycles. The van der Waals surface area contributed by atoms with Crippen LogP contribution in [0, 0.1) is 6.92 Å². The molecule has 0 amide bonds. The van der Waals surface area contributed by atoms with Crippen molar-refractivity contribution in [2.24, 2.45) is 0 Å². The van der Waals surface area contributed by atoms with Crippen LogP contribution >= 0.6 is 0 Å². The normalized spacial score (nSPS) is 9.64. The highest BCUT2D eigenvalue weighted by molar-refractivity contribution is 5.58. The predicted octanol–water partition coefficient (Wildman–Crippen LogP) is 2.13. The van der Waals surface area contributed by atoms with Crippen LogP contribution in [0.4, 0.5) is 0 Å². The van der Waals surface area contributed by atoms with Crippen LogP contribution in [-0.2, 0) is 0 Å². The topological polar surface area (TPSA) is 33.1 Å². The molecule has 0 aliphatic rings. The van der Waals surface area contributed by atoms with E-state index < -0.39 is 0 Å². The molecule has 0 bridgehead atoms. The number of aryl methyl sites for hydroxylation is 1. The van der Waals surface area contributed by atoms with Gasteiger partial charge in [-0.05, 0) is 31.6 Å². The number of hydrogen-bond acceptors (Lipinski definition) is 2. The molecule has 0 atom stereocenters. The average Bonchev–Trinajstić information content (AvgIpc) is 1.94. The van der Waals surface area contributed by atoms with E-state index in [1.807, 2.05) is 6.92 Å². The van der Waals surface area contributed by atoms with E-state index in [0.717, 1.165) is 11.3 Å². The van der Waals surface area contributed by atoms with Crippen molar-refractivity contribution in [3.05, 3.63) is 30.1 Å². The molecule has 0 radical (unpaired) electrons. The van der Waals surface area contributed by atoms with Crippen molar-refractivity contribution in [2.75, 3.05) is 0 Å². The summed E-state index contributed by atoms with van der Waals surface area (Å²) in [7, 11) is 0. The molecule has 0 spiro atoms. The molecule has 1 N–H and O–H groups in total. The van der Waals surface area contributed by atoms with Gasteiger partial charge in [0.25, 0.3) is 0 Å². The number of allylic oxidation sites excluding steroid dienone is 1. The molecule has 0 aliphatic carbocycles. The smallest absolute Gasteiger partial charge is 0.136 e. The fourth-order valence-electron chi connectivity index (χ4n) is 0.791. The second-order valence-electron chi connectivity index (χ2n) is 2.58. The van der Waals surface area contributed by atoms with E-state index in [1.54, 1.807) is 19.1 Å². The van der Waals surface area contributed by atoms with Crippen LogP contribution in [0.1, 0.15) is 18.3 Å². The Balaban J connectivity index is 3.15. The summed E-state index contributed by atoms with van der Waals surface area (Å²) in [6, 6.07) is 3.39. The van der Waals surface area contributed by atoms with Crippen LogP contribution in [0.15, 0.2) is 18.7 Å². The van der Waals surface area contributed by atoms with E-state index in [4.69, 9.17) is 5.11 Å². The summed E-state index contributed by atoms with van der Waals surface area (Å²) in [5.41, 5.74) is 2.39. The Morgan fingerprint density at radius 1 is 1.55 bits per heavy atom. The minimum Gasteiger partial charge on any atom is -0.506 e. The van der Waals surface area contributed by atoms with Gasteiger partial charge in [0.05, 0.1) is 11.4 Å². The maximum absolute atomic E-state index is 9.13. The SMILES string of the molecule is C=C(C)c1ccc(O)c(C)n1. The molecule has 2 heteroatoms. The van der Waals surface area contributed by atoms with Gasteiger partial charge in [-0.3, -0.25) is 0 Å². The molecule has 0 saturated heterocycles. The molecule has 2 nitrogen and oxygen atoms in total. The van der Waals surface area contributed by atoms with Crippen LogP contribution in [0.2, 0.25) is 0 Å². The molecular weight excluding hydrogens is 138 g/mol. The Bertz CT molecular complexity index is 292. The first-order valence-corrected chi connectivity index (χ1v) is 3.44. The number of aromatic hydroxyl groups is 1. The highest BCUT2D eigenvalue weighted by Crippen LogP contribution is 2.16. The van der Waals surface area contributed by atoms with Gasteiger partial charge in [0, 0.05) is 0 Å². The van der Waals surface area contributed by atoms with Gasteiger partial charge in [-0.25, -0.2) is 4.98 Å². The third-order valence-electron chi connectivity index (χ3n) is 1.50. The van der Waals surface area contributed by atoms with Gasteiger partial charge in [0.1, 0.15) is 5.75 Å². The highest BCUT2D eigenvalue weighted by atomic mass is 16.3. The van der Waals surface area contributed by atoms with Crippen LogP contribution in [0.5, 0.6) is 5.75 Å². The maximum atomic E-state index is 9.13. The lowest BCUT2D eigenvalue weighted by molar-refractivity contribution is 0.467. The van der Waals surface area contributed by atoms with Gasteiger partial charge in [0.2, 0.25) is 0 Å². The summed E-state index contributed by atoms with van der Waals surface area (Å²) in [5.74, 6) is 0.231. The molecule has 1 rings (SSSR count). The molecule has 1 aromatic rings. The summed E-state index contributed by atoms with van der Waals surface area (Å²) >= 11 is 0. The number of nitrogens with zero attached hydrogens (tertiary/aromatic N) is 1. The first-order valence-electron chi connectivity index (χ1n) is 3.44. The predicted molar refractivity (Wildman–Crippen MR) is 45.3 cm³/mol. The number of hydrogen-bond donors (Lipinski definition) is 1.